The van der Waals surface area contributed by atoms with Crippen molar-refractivity contribution < 1.29 is 14.3 Å². The molecule has 0 atom stereocenters. The fourth-order valence-corrected chi connectivity index (χ4v) is 3.56. The number of benzene rings is 2. The van der Waals surface area contributed by atoms with E-state index in [0.717, 1.165) is 16.2 Å². The molecular formula is C20H17N3O3S. The van der Waals surface area contributed by atoms with Gasteiger partial charge in [-0.25, -0.2) is 4.98 Å². The zero-order valence-corrected chi connectivity index (χ0v) is 15.6. The lowest BCUT2D eigenvalue weighted by Gasteiger charge is -2.12. The summed E-state index contributed by atoms with van der Waals surface area (Å²) in [6, 6.07) is 12.8. The van der Waals surface area contributed by atoms with Gasteiger partial charge in [0.15, 0.2) is 16.5 Å². The first-order chi connectivity index (χ1) is 13.2. The molecule has 0 saturated carbocycles. The van der Waals surface area contributed by atoms with Crippen LogP contribution in [0.4, 0.5) is 5.69 Å². The number of anilines is 1. The van der Waals surface area contributed by atoms with Crippen LogP contribution >= 0.6 is 11.3 Å². The molecule has 2 heterocycles. The van der Waals surface area contributed by atoms with Crippen LogP contribution < -0.4 is 14.8 Å². The van der Waals surface area contributed by atoms with Gasteiger partial charge in [-0.3, -0.25) is 9.20 Å². The second-order valence-corrected chi connectivity index (χ2v) is 6.66. The first kappa shape index (κ1) is 17.1. The van der Waals surface area contributed by atoms with Gasteiger partial charge in [0.25, 0.3) is 5.91 Å². The predicted octanol–water partition coefficient (Wildman–Crippen LogP) is 4.33. The molecule has 27 heavy (non-hydrogen) atoms. The number of carbonyl (C=O) groups is 1. The van der Waals surface area contributed by atoms with Crippen molar-refractivity contribution in [3.63, 3.8) is 0 Å². The number of fused-ring (bicyclic) bond motifs is 1. The Kier molecular flexibility index (Phi) is 4.52. The van der Waals surface area contributed by atoms with E-state index in [1.807, 2.05) is 46.4 Å². The number of ether oxygens (including phenoxy) is 2. The van der Waals surface area contributed by atoms with E-state index in [9.17, 15) is 4.79 Å². The summed E-state index contributed by atoms with van der Waals surface area (Å²) in [5.74, 6) is 0.661. The number of nitrogens with zero attached hydrogens (tertiary/aromatic N) is 2. The lowest BCUT2D eigenvalue weighted by molar-refractivity contribution is 0.102. The topological polar surface area (TPSA) is 64.9 Å². The number of carbonyl (C=O) groups excluding carboxylic acids is 1. The molecule has 0 spiro atoms. The molecular weight excluding hydrogens is 362 g/mol. The van der Waals surface area contributed by atoms with E-state index in [0.29, 0.717) is 22.7 Å². The van der Waals surface area contributed by atoms with Crippen LogP contribution in [0.2, 0.25) is 0 Å². The molecule has 7 heteroatoms. The average molecular weight is 379 g/mol. The predicted molar refractivity (Wildman–Crippen MR) is 106 cm³/mol. The minimum Gasteiger partial charge on any atom is -0.493 e. The van der Waals surface area contributed by atoms with Crippen LogP contribution in [0.25, 0.3) is 16.2 Å². The molecule has 0 radical (unpaired) electrons. The molecule has 4 rings (SSSR count). The Morgan fingerprint density at radius 1 is 1.11 bits per heavy atom. The Bertz CT molecular complexity index is 1070. The van der Waals surface area contributed by atoms with Gasteiger partial charge in [-0.1, -0.05) is 18.2 Å². The van der Waals surface area contributed by atoms with Crippen LogP contribution in [-0.4, -0.2) is 29.5 Å². The number of para-hydroxylation sites is 1. The van der Waals surface area contributed by atoms with Crippen LogP contribution in [-0.2, 0) is 0 Å². The first-order valence-electron chi connectivity index (χ1n) is 8.24. The van der Waals surface area contributed by atoms with Crippen molar-refractivity contribution in [3.8, 4) is 22.8 Å². The molecule has 0 aliphatic rings. The summed E-state index contributed by atoms with van der Waals surface area (Å²) in [6.07, 6.45) is 3.97. The maximum absolute atomic E-state index is 12.6. The van der Waals surface area contributed by atoms with E-state index in [1.54, 1.807) is 36.6 Å². The molecule has 0 bridgehead atoms. The third-order valence-electron chi connectivity index (χ3n) is 4.18. The van der Waals surface area contributed by atoms with Crippen molar-refractivity contribution in [2.75, 3.05) is 19.5 Å². The summed E-state index contributed by atoms with van der Waals surface area (Å²) in [4.78, 5) is 18.2. The van der Waals surface area contributed by atoms with E-state index >= 15 is 0 Å². The molecule has 2 aromatic heterocycles. The number of imidazole rings is 1. The van der Waals surface area contributed by atoms with Crippen molar-refractivity contribution in [3.05, 3.63) is 65.8 Å². The molecule has 4 aromatic rings. The minimum absolute atomic E-state index is 0.263. The van der Waals surface area contributed by atoms with Gasteiger partial charge >= 0.3 is 0 Å². The zero-order chi connectivity index (χ0) is 18.8. The highest BCUT2D eigenvalue weighted by atomic mass is 32.1. The smallest absolute Gasteiger partial charge is 0.259 e. The summed E-state index contributed by atoms with van der Waals surface area (Å²) in [5, 5.41) is 4.88. The highest BCUT2D eigenvalue weighted by Crippen LogP contribution is 2.31. The number of nitrogens with one attached hydrogen (secondary N) is 1. The first-order valence-corrected chi connectivity index (χ1v) is 9.12. The van der Waals surface area contributed by atoms with Gasteiger partial charge in [-0.15, -0.1) is 11.3 Å². The maximum atomic E-state index is 12.6. The normalized spacial score (nSPS) is 10.7. The Morgan fingerprint density at radius 3 is 2.63 bits per heavy atom. The molecule has 0 fully saturated rings. The second-order valence-electron chi connectivity index (χ2n) is 5.79. The number of hydrogen-bond donors (Lipinski definition) is 1. The third kappa shape index (κ3) is 3.24. The minimum atomic E-state index is -0.263. The summed E-state index contributed by atoms with van der Waals surface area (Å²) in [6.45, 7) is 0. The SMILES string of the molecule is COc1cccc(C(=O)Nc2ccc(-c3cn4ccsc4n3)cc2)c1OC. The standard InChI is InChI=1S/C20H17N3O3S/c1-25-17-5-3-4-15(18(17)26-2)19(24)21-14-8-6-13(7-9-14)16-12-23-10-11-27-20(23)22-16/h3-12H,1-2H3,(H,21,24). The molecule has 0 aliphatic heterocycles. The van der Waals surface area contributed by atoms with E-state index in [4.69, 9.17) is 9.47 Å². The van der Waals surface area contributed by atoms with E-state index < -0.39 is 0 Å². The number of amides is 1. The number of methoxy groups -OCH3 is 2. The highest BCUT2D eigenvalue weighted by Gasteiger charge is 2.16. The molecule has 2 aromatic carbocycles. The van der Waals surface area contributed by atoms with Gasteiger partial charge in [0, 0.05) is 29.0 Å². The number of rotatable bonds is 5. The molecule has 6 nitrogen and oxygen atoms in total. The molecule has 0 saturated heterocycles. The van der Waals surface area contributed by atoms with E-state index in [-0.39, 0.29) is 5.91 Å². The number of hydrogen-bond acceptors (Lipinski definition) is 5. The fourth-order valence-electron chi connectivity index (χ4n) is 2.86. The largest absolute Gasteiger partial charge is 0.493 e. The van der Waals surface area contributed by atoms with Gasteiger partial charge in [0.1, 0.15) is 0 Å². The quantitative estimate of drug-likeness (QED) is 0.560. The van der Waals surface area contributed by atoms with Crippen molar-refractivity contribution >= 4 is 27.9 Å². The molecule has 1 N–H and O–H groups in total. The monoisotopic (exact) mass is 379 g/mol. The van der Waals surface area contributed by atoms with Crippen molar-refractivity contribution in [1.82, 2.24) is 9.38 Å². The number of thiazole rings is 1. The Balaban J connectivity index is 1.55. The van der Waals surface area contributed by atoms with Crippen LogP contribution in [0, 0.1) is 0 Å². The summed E-state index contributed by atoms with van der Waals surface area (Å²) in [5.41, 5.74) is 2.99. The van der Waals surface area contributed by atoms with Crippen LogP contribution in [0.1, 0.15) is 10.4 Å². The van der Waals surface area contributed by atoms with E-state index in [2.05, 4.69) is 10.3 Å². The lowest BCUT2D eigenvalue weighted by atomic mass is 10.1. The van der Waals surface area contributed by atoms with Crippen LogP contribution in [0.15, 0.2) is 60.2 Å². The van der Waals surface area contributed by atoms with Crippen molar-refractivity contribution in [1.29, 1.82) is 0 Å². The summed E-state index contributed by atoms with van der Waals surface area (Å²) in [7, 11) is 3.05. The molecule has 0 unspecified atom stereocenters. The second kappa shape index (κ2) is 7.13. The van der Waals surface area contributed by atoms with Gasteiger partial charge in [0.2, 0.25) is 0 Å². The third-order valence-corrected chi connectivity index (χ3v) is 4.95. The highest BCUT2D eigenvalue weighted by molar-refractivity contribution is 7.15. The Hall–Kier alpha value is -3.32. The van der Waals surface area contributed by atoms with E-state index in [1.165, 1.54) is 7.11 Å². The molecule has 0 aliphatic carbocycles. The summed E-state index contributed by atoms with van der Waals surface area (Å²) < 4.78 is 12.6. The lowest BCUT2D eigenvalue weighted by Crippen LogP contribution is -2.13. The van der Waals surface area contributed by atoms with Gasteiger partial charge < -0.3 is 14.8 Å². The molecule has 1 amide bonds. The molecule has 136 valence electrons. The van der Waals surface area contributed by atoms with Gasteiger partial charge in [-0.2, -0.15) is 0 Å². The van der Waals surface area contributed by atoms with Crippen LogP contribution in [0.5, 0.6) is 11.5 Å². The van der Waals surface area contributed by atoms with Crippen LogP contribution in [0.3, 0.4) is 0 Å². The maximum Gasteiger partial charge on any atom is 0.259 e. The zero-order valence-electron chi connectivity index (χ0n) is 14.8. The Morgan fingerprint density at radius 2 is 1.93 bits per heavy atom. The van der Waals surface area contributed by atoms with Crippen molar-refractivity contribution in [2.45, 2.75) is 0 Å². The van der Waals surface area contributed by atoms with Gasteiger partial charge in [0.05, 0.1) is 25.5 Å². The van der Waals surface area contributed by atoms with Crippen molar-refractivity contribution in [2.24, 2.45) is 0 Å². The fraction of sp³-hybridized carbons (Fsp3) is 0.100. The number of aromatic nitrogens is 2. The summed E-state index contributed by atoms with van der Waals surface area (Å²) >= 11 is 1.59. The van der Waals surface area contributed by atoms with Gasteiger partial charge in [-0.05, 0) is 24.3 Å². The Labute approximate surface area is 160 Å². The average Bonchev–Trinajstić information content (AvgIpc) is 3.30.